The van der Waals surface area contributed by atoms with Crippen LogP contribution in [0.25, 0.3) is 0 Å². The van der Waals surface area contributed by atoms with Gasteiger partial charge in [0.2, 0.25) is 0 Å². The third-order valence-corrected chi connectivity index (χ3v) is 6.65. The molecule has 0 saturated carbocycles. The summed E-state index contributed by atoms with van der Waals surface area (Å²) in [7, 11) is -3.31. The van der Waals surface area contributed by atoms with Crippen molar-refractivity contribution < 1.29 is 12.8 Å². The van der Waals surface area contributed by atoms with Gasteiger partial charge in [0.1, 0.15) is 5.82 Å². The van der Waals surface area contributed by atoms with E-state index in [0.717, 1.165) is 32.1 Å². The normalized spacial score (nSPS) is 24.9. The monoisotopic (exact) mass is 298 g/mol. The van der Waals surface area contributed by atoms with Crippen molar-refractivity contribution in [2.75, 3.05) is 5.75 Å². The molecule has 20 heavy (non-hydrogen) atoms. The predicted molar refractivity (Wildman–Crippen MR) is 79.0 cm³/mol. The van der Waals surface area contributed by atoms with E-state index in [2.05, 4.69) is 13.8 Å². The van der Waals surface area contributed by atoms with E-state index >= 15 is 0 Å². The smallest absolute Gasteiger partial charge is 0.179 e. The maximum Gasteiger partial charge on any atom is 0.179 e. The van der Waals surface area contributed by atoms with Crippen LogP contribution in [0.15, 0.2) is 23.1 Å². The molecule has 0 radical (unpaired) electrons. The van der Waals surface area contributed by atoms with Crippen molar-refractivity contribution in [1.29, 1.82) is 0 Å². The molecule has 1 aromatic carbocycles. The summed E-state index contributed by atoms with van der Waals surface area (Å²) in [5, 5.41) is 0. The van der Waals surface area contributed by atoms with Gasteiger partial charge in [0.15, 0.2) is 9.84 Å². The van der Waals surface area contributed by atoms with Crippen LogP contribution in [0.3, 0.4) is 0 Å². The maximum absolute atomic E-state index is 13.4. The van der Waals surface area contributed by atoms with E-state index in [1.165, 1.54) is 18.2 Å². The van der Waals surface area contributed by atoms with Crippen LogP contribution in [-0.4, -0.2) is 14.2 Å². The van der Waals surface area contributed by atoms with Gasteiger partial charge in [0, 0.05) is 0 Å². The minimum absolute atomic E-state index is 0.148. The highest BCUT2D eigenvalue weighted by Crippen LogP contribution is 2.41. The van der Waals surface area contributed by atoms with Crippen molar-refractivity contribution in [3.8, 4) is 0 Å². The SMILES string of the molecule is CCCC[C@@]1(CC)CCc2cc(F)ccc2S(=O)(=O)C1. The minimum Gasteiger partial charge on any atom is -0.224 e. The Labute approximate surface area is 121 Å². The Morgan fingerprint density at radius 1 is 1.30 bits per heavy atom. The van der Waals surface area contributed by atoms with Gasteiger partial charge in [-0.15, -0.1) is 0 Å². The highest BCUT2D eigenvalue weighted by atomic mass is 32.2. The first kappa shape index (κ1) is 15.5. The van der Waals surface area contributed by atoms with Gasteiger partial charge in [-0.2, -0.15) is 0 Å². The first-order chi connectivity index (χ1) is 9.42. The van der Waals surface area contributed by atoms with Crippen LogP contribution in [0.2, 0.25) is 0 Å². The summed E-state index contributed by atoms with van der Waals surface area (Å²) in [5.41, 5.74) is 0.501. The van der Waals surface area contributed by atoms with E-state index in [-0.39, 0.29) is 17.0 Å². The molecule has 0 aromatic heterocycles. The fourth-order valence-corrected chi connectivity index (χ4v) is 5.49. The molecule has 112 valence electrons. The summed E-state index contributed by atoms with van der Waals surface area (Å²) >= 11 is 0. The third-order valence-electron chi connectivity index (χ3n) is 4.59. The molecule has 1 atom stereocenters. The van der Waals surface area contributed by atoms with Gasteiger partial charge >= 0.3 is 0 Å². The number of unbranched alkanes of at least 4 members (excludes halogenated alkanes) is 1. The van der Waals surface area contributed by atoms with E-state index < -0.39 is 9.84 Å². The average Bonchev–Trinajstić information content (AvgIpc) is 2.51. The Morgan fingerprint density at radius 3 is 2.70 bits per heavy atom. The van der Waals surface area contributed by atoms with E-state index in [1.54, 1.807) is 0 Å². The van der Waals surface area contributed by atoms with Crippen LogP contribution in [0.4, 0.5) is 4.39 Å². The van der Waals surface area contributed by atoms with Gasteiger partial charge in [-0.3, -0.25) is 0 Å². The largest absolute Gasteiger partial charge is 0.224 e. The Bertz CT molecular complexity index is 580. The molecule has 0 aliphatic carbocycles. The quantitative estimate of drug-likeness (QED) is 0.783. The second kappa shape index (κ2) is 5.84. The van der Waals surface area contributed by atoms with Crippen molar-refractivity contribution in [2.45, 2.75) is 57.3 Å². The van der Waals surface area contributed by atoms with Crippen molar-refractivity contribution in [2.24, 2.45) is 5.41 Å². The van der Waals surface area contributed by atoms with Gasteiger partial charge in [0.25, 0.3) is 0 Å². The summed E-state index contributed by atoms with van der Waals surface area (Å²) < 4.78 is 38.6. The van der Waals surface area contributed by atoms with E-state index in [9.17, 15) is 12.8 Å². The molecule has 1 heterocycles. The van der Waals surface area contributed by atoms with Crippen LogP contribution in [0.1, 0.15) is 51.5 Å². The van der Waals surface area contributed by atoms with E-state index in [4.69, 9.17) is 0 Å². The van der Waals surface area contributed by atoms with Gasteiger partial charge in [-0.05, 0) is 54.9 Å². The van der Waals surface area contributed by atoms with Gasteiger partial charge < -0.3 is 0 Å². The first-order valence-corrected chi connectivity index (χ1v) is 9.09. The standard InChI is InChI=1S/C16H23FO2S/c1-3-5-9-16(4-2)10-8-13-11-14(17)6-7-15(13)20(18,19)12-16/h6-7,11H,3-5,8-10,12H2,1-2H3/t16-/m0/s1. The fraction of sp³-hybridized carbons (Fsp3) is 0.625. The lowest BCUT2D eigenvalue weighted by Gasteiger charge is -2.31. The highest BCUT2D eigenvalue weighted by molar-refractivity contribution is 7.91. The zero-order valence-electron chi connectivity index (χ0n) is 12.3. The summed E-state index contributed by atoms with van der Waals surface area (Å²) in [6.45, 7) is 4.19. The van der Waals surface area contributed by atoms with Gasteiger partial charge in [0.05, 0.1) is 10.6 Å². The zero-order valence-corrected chi connectivity index (χ0v) is 13.1. The molecule has 1 aliphatic heterocycles. The number of hydrogen-bond acceptors (Lipinski definition) is 2. The lowest BCUT2D eigenvalue weighted by Crippen LogP contribution is -2.28. The van der Waals surface area contributed by atoms with Crippen molar-refractivity contribution in [3.63, 3.8) is 0 Å². The average molecular weight is 298 g/mol. The minimum atomic E-state index is -3.31. The first-order valence-electron chi connectivity index (χ1n) is 7.44. The highest BCUT2D eigenvalue weighted by Gasteiger charge is 2.37. The molecule has 0 spiro atoms. The molecule has 0 unspecified atom stereocenters. The lowest BCUT2D eigenvalue weighted by molar-refractivity contribution is 0.259. The number of rotatable bonds is 4. The van der Waals surface area contributed by atoms with Gasteiger partial charge in [-0.1, -0.05) is 26.7 Å². The fourth-order valence-electron chi connectivity index (χ4n) is 3.20. The molecule has 4 heteroatoms. The third kappa shape index (κ3) is 3.05. The van der Waals surface area contributed by atoms with Crippen LogP contribution >= 0.6 is 0 Å². The van der Waals surface area contributed by atoms with Crippen molar-refractivity contribution in [3.05, 3.63) is 29.6 Å². The Balaban J connectivity index is 2.41. The molecule has 1 aromatic rings. The molecule has 2 nitrogen and oxygen atoms in total. The predicted octanol–water partition coefficient (Wildman–Crippen LogP) is 4.13. The molecule has 2 rings (SSSR count). The van der Waals surface area contributed by atoms with Crippen LogP contribution < -0.4 is 0 Å². The van der Waals surface area contributed by atoms with Crippen LogP contribution in [0, 0.1) is 11.2 Å². The number of benzene rings is 1. The molecule has 1 aliphatic rings. The summed E-state index contributed by atoms with van der Waals surface area (Å²) in [6.07, 6.45) is 5.42. The van der Waals surface area contributed by atoms with Crippen molar-refractivity contribution >= 4 is 9.84 Å². The summed E-state index contributed by atoms with van der Waals surface area (Å²) in [4.78, 5) is 0.339. The second-order valence-electron chi connectivity index (χ2n) is 5.97. The summed E-state index contributed by atoms with van der Waals surface area (Å²) in [5.74, 6) is -0.147. The van der Waals surface area contributed by atoms with E-state index in [0.29, 0.717) is 16.9 Å². The molecule has 0 amide bonds. The van der Waals surface area contributed by atoms with Crippen LogP contribution in [-0.2, 0) is 16.3 Å². The van der Waals surface area contributed by atoms with Crippen LogP contribution in [0.5, 0.6) is 0 Å². The molecule has 0 saturated heterocycles. The van der Waals surface area contributed by atoms with E-state index in [1.807, 2.05) is 0 Å². The number of halogens is 1. The lowest BCUT2D eigenvalue weighted by atomic mass is 9.77. The Kier molecular flexibility index (Phi) is 4.52. The second-order valence-corrected chi connectivity index (χ2v) is 7.93. The topological polar surface area (TPSA) is 34.1 Å². The maximum atomic E-state index is 13.4. The number of fused-ring (bicyclic) bond motifs is 1. The zero-order chi connectivity index (χ0) is 14.8. The number of sulfone groups is 1. The molecule has 0 fully saturated rings. The molecule has 0 bridgehead atoms. The molecular weight excluding hydrogens is 275 g/mol. The summed E-state index contributed by atoms with van der Waals surface area (Å²) in [6, 6.07) is 4.07. The molecule has 0 N–H and O–H groups in total. The number of aryl methyl sites for hydroxylation is 1. The Morgan fingerprint density at radius 2 is 2.05 bits per heavy atom. The van der Waals surface area contributed by atoms with Crippen molar-refractivity contribution in [1.82, 2.24) is 0 Å². The molecular formula is C16H23FO2S. The van der Waals surface area contributed by atoms with Gasteiger partial charge in [-0.25, -0.2) is 12.8 Å². The number of hydrogen-bond donors (Lipinski definition) is 0. The Hall–Kier alpha value is -0.900.